The molecule has 0 bridgehead atoms. The Bertz CT molecular complexity index is 756. The maximum atomic E-state index is 13.2. The molecule has 1 spiro atoms. The molecule has 4 rings (SSSR count). The average Bonchev–Trinajstić information content (AvgIpc) is 3.13. The standard InChI is InChI=1S/C19H20N2O2/c1-21-16-6-4-3-5-15(16)19(18(21)22)11-12-20-17(19)13-7-9-14(23-2)10-8-13/h3-10,17,20H,11-12H2,1-2H3/p+1/t17-,19-/m0/s1. The second-order valence-electron chi connectivity index (χ2n) is 6.38. The molecule has 0 radical (unpaired) electrons. The summed E-state index contributed by atoms with van der Waals surface area (Å²) in [5.41, 5.74) is 2.95. The Kier molecular flexibility index (Phi) is 3.16. The minimum absolute atomic E-state index is 0.118. The maximum Gasteiger partial charge on any atom is 0.244 e. The van der Waals surface area contributed by atoms with Gasteiger partial charge in [-0.15, -0.1) is 0 Å². The number of para-hydroxylation sites is 1. The van der Waals surface area contributed by atoms with E-state index in [1.807, 2.05) is 42.3 Å². The number of carbonyl (C=O) groups is 1. The zero-order chi connectivity index (χ0) is 16.0. The minimum atomic E-state index is -0.445. The third kappa shape index (κ3) is 1.85. The van der Waals surface area contributed by atoms with E-state index in [-0.39, 0.29) is 11.9 Å². The second kappa shape index (κ2) is 5.10. The van der Waals surface area contributed by atoms with E-state index in [0.717, 1.165) is 24.4 Å². The van der Waals surface area contributed by atoms with Crippen LogP contribution in [0.3, 0.4) is 0 Å². The number of ether oxygens (including phenoxy) is 1. The van der Waals surface area contributed by atoms with Gasteiger partial charge in [0.2, 0.25) is 5.91 Å². The number of carbonyl (C=O) groups excluding carboxylic acids is 1. The summed E-state index contributed by atoms with van der Waals surface area (Å²) < 4.78 is 5.26. The molecule has 2 aliphatic rings. The van der Waals surface area contributed by atoms with Crippen molar-refractivity contribution in [2.75, 3.05) is 25.6 Å². The van der Waals surface area contributed by atoms with E-state index in [4.69, 9.17) is 4.74 Å². The van der Waals surface area contributed by atoms with Crippen molar-refractivity contribution in [3.8, 4) is 5.75 Å². The zero-order valence-electron chi connectivity index (χ0n) is 13.5. The SMILES string of the molecule is COc1ccc([C@@H]2[NH2+]CC[C@@]23C(=O)N(C)c2ccccc23)cc1. The van der Waals surface area contributed by atoms with Crippen LogP contribution in [0.5, 0.6) is 5.75 Å². The highest BCUT2D eigenvalue weighted by Crippen LogP contribution is 2.50. The topological polar surface area (TPSA) is 46.1 Å². The van der Waals surface area contributed by atoms with E-state index in [1.54, 1.807) is 7.11 Å². The summed E-state index contributed by atoms with van der Waals surface area (Å²) in [5.74, 6) is 1.06. The van der Waals surface area contributed by atoms with Crippen LogP contribution in [0.15, 0.2) is 48.5 Å². The molecule has 0 saturated carbocycles. The number of amides is 1. The summed E-state index contributed by atoms with van der Waals surface area (Å²) in [6, 6.07) is 16.4. The molecule has 4 nitrogen and oxygen atoms in total. The molecule has 2 aliphatic heterocycles. The fourth-order valence-electron chi connectivity index (χ4n) is 4.28. The Hall–Kier alpha value is -2.33. The summed E-state index contributed by atoms with van der Waals surface area (Å²) in [6.45, 7) is 0.963. The van der Waals surface area contributed by atoms with E-state index in [1.165, 1.54) is 11.1 Å². The van der Waals surface area contributed by atoms with Crippen molar-refractivity contribution in [2.45, 2.75) is 17.9 Å². The molecule has 2 N–H and O–H groups in total. The number of hydrogen-bond donors (Lipinski definition) is 1. The van der Waals surface area contributed by atoms with Gasteiger partial charge in [-0.1, -0.05) is 18.2 Å². The summed E-state index contributed by atoms with van der Waals surface area (Å²) >= 11 is 0. The highest BCUT2D eigenvalue weighted by atomic mass is 16.5. The monoisotopic (exact) mass is 309 g/mol. The first-order chi connectivity index (χ1) is 11.2. The van der Waals surface area contributed by atoms with Crippen molar-refractivity contribution in [1.29, 1.82) is 0 Å². The first-order valence-electron chi connectivity index (χ1n) is 8.03. The minimum Gasteiger partial charge on any atom is -0.497 e. The molecule has 2 aromatic rings. The number of fused-ring (bicyclic) bond motifs is 2. The summed E-state index contributed by atoms with van der Waals surface area (Å²) in [5, 5.41) is 2.30. The van der Waals surface area contributed by atoms with Crippen molar-refractivity contribution < 1.29 is 14.8 Å². The largest absolute Gasteiger partial charge is 0.497 e. The van der Waals surface area contributed by atoms with Crippen LogP contribution in [0.4, 0.5) is 5.69 Å². The van der Waals surface area contributed by atoms with Gasteiger partial charge in [-0.2, -0.15) is 0 Å². The lowest BCUT2D eigenvalue weighted by Crippen LogP contribution is -2.83. The number of benzene rings is 2. The van der Waals surface area contributed by atoms with E-state index >= 15 is 0 Å². The third-order valence-electron chi connectivity index (χ3n) is 5.38. The summed E-state index contributed by atoms with van der Waals surface area (Å²) in [6.07, 6.45) is 0.879. The van der Waals surface area contributed by atoms with Crippen LogP contribution in [0.25, 0.3) is 0 Å². The molecular weight excluding hydrogens is 288 g/mol. The van der Waals surface area contributed by atoms with Gasteiger partial charge in [-0.05, 0) is 35.9 Å². The maximum absolute atomic E-state index is 13.2. The van der Waals surface area contributed by atoms with Gasteiger partial charge < -0.3 is 15.0 Å². The van der Waals surface area contributed by atoms with Crippen molar-refractivity contribution in [3.05, 3.63) is 59.7 Å². The molecule has 0 aromatic heterocycles. The lowest BCUT2D eigenvalue weighted by Gasteiger charge is -2.27. The van der Waals surface area contributed by atoms with Gasteiger partial charge in [0.05, 0.1) is 13.7 Å². The Balaban J connectivity index is 1.84. The number of rotatable bonds is 2. The van der Waals surface area contributed by atoms with Gasteiger partial charge >= 0.3 is 0 Å². The predicted octanol–water partition coefficient (Wildman–Crippen LogP) is 1.62. The van der Waals surface area contributed by atoms with Gasteiger partial charge in [0.1, 0.15) is 17.2 Å². The van der Waals surface area contributed by atoms with Crippen LogP contribution < -0.4 is 15.0 Å². The summed E-state index contributed by atoms with van der Waals surface area (Å²) in [7, 11) is 3.56. The van der Waals surface area contributed by atoms with E-state index in [9.17, 15) is 4.79 Å². The second-order valence-corrected chi connectivity index (χ2v) is 6.38. The molecule has 118 valence electrons. The molecule has 0 unspecified atom stereocenters. The molecule has 1 fully saturated rings. The van der Waals surface area contributed by atoms with Crippen LogP contribution in [0.2, 0.25) is 0 Å². The molecule has 4 heteroatoms. The fourth-order valence-corrected chi connectivity index (χ4v) is 4.28. The predicted molar refractivity (Wildman–Crippen MR) is 88.7 cm³/mol. The third-order valence-corrected chi connectivity index (χ3v) is 5.38. The van der Waals surface area contributed by atoms with Crippen molar-refractivity contribution >= 4 is 11.6 Å². The van der Waals surface area contributed by atoms with Crippen molar-refractivity contribution in [3.63, 3.8) is 0 Å². The van der Waals surface area contributed by atoms with Gasteiger partial charge in [0.15, 0.2) is 0 Å². The number of anilines is 1. The number of likely N-dealkylation sites (N-methyl/N-ethyl adjacent to an activating group) is 1. The molecule has 23 heavy (non-hydrogen) atoms. The number of methoxy groups -OCH3 is 1. The smallest absolute Gasteiger partial charge is 0.244 e. The quantitative estimate of drug-likeness (QED) is 0.916. The van der Waals surface area contributed by atoms with Crippen LogP contribution in [-0.2, 0) is 10.2 Å². The van der Waals surface area contributed by atoms with E-state index in [0.29, 0.717) is 0 Å². The number of quaternary nitrogens is 1. The van der Waals surface area contributed by atoms with E-state index < -0.39 is 5.41 Å². The van der Waals surface area contributed by atoms with Gasteiger partial charge in [0, 0.05) is 24.7 Å². The summed E-state index contributed by atoms with van der Waals surface area (Å²) in [4.78, 5) is 15.0. The molecule has 2 heterocycles. The normalized spacial score (nSPS) is 25.9. The first-order valence-corrected chi connectivity index (χ1v) is 8.03. The molecular formula is C19H21N2O2+. The Morgan fingerprint density at radius 1 is 1.17 bits per heavy atom. The van der Waals surface area contributed by atoms with Gasteiger partial charge in [-0.3, -0.25) is 4.79 Å². The number of hydrogen-bond acceptors (Lipinski definition) is 2. The van der Waals surface area contributed by atoms with Crippen LogP contribution >= 0.6 is 0 Å². The Labute approximate surface area is 136 Å². The van der Waals surface area contributed by atoms with Crippen LogP contribution in [-0.4, -0.2) is 26.6 Å². The Morgan fingerprint density at radius 2 is 1.91 bits per heavy atom. The highest BCUT2D eigenvalue weighted by Gasteiger charge is 2.60. The molecule has 2 atom stereocenters. The van der Waals surface area contributed by atoms with Gasteiger partial charge in [0.25, 0.3) is 0 Å². The van der Waals surface area contributed by atoms with Crippen LogP contribution in [0.1, 0.15) is 23.6 Å². The Morgan fingerprint density at radius 3 is 2.65 bits per heavy atom. The average molecular weight is 309 g/mol. The molecule has 2 aromatic carbocycles. The molecule has 1 amide bonds. The molecule has 1 saturated heterocycles. The highest BCUT2D eigenvalue weighted by molar-refractivity contribution is 6.08. The van der Waals surface area contributed by atoms with Crippen molar-refractivity contribution in [1.82, 2.24) is 0 Å². The fraction of sp³-hybridized carbons (Fsp3) is 0.316. The zero-order valence-corrected chi connectivity index (χ0v) is 13.5. The number of nitrogens with two attached hydrogens (primary N) is 1. The van der Waals surface area contributed by atoms with Crippen molar-refractivity contribution in [2.24, 2.45) is 0 Å². The first kappa shape index (κ1) is 14.3. The molecule has 0 aliphatic carbocycles. The lowest BCUT2D eigenvalue weighted by molar-refractivity contribution is -0.679. The van der Waals surface area contributed by atoms with Gasteiger partial charge in [-0.25, -0.2) is 0 Å². The van der Waals surface area contributed by atoms with E-state index in [2.05, 4.69) is 23.5 Å². The van der Waals surface area contributed by atoms with Crippen LogP contribution in [0, 0.1) is 0 Å². The lowest BCUT2D eigenvalue weighted by atomic mass is 9.73. The number of nitrogens with zero attached hydrogens (tertiary/aromatic N) is 1.